The Hall–Kier alpha value is -3.71. The molecule has 1 aromatic heterocycles. The van der Waals surface area contributed by atoms with Crippen molar-refractivity contribution in [3.05, 3.63) is 89.6 Å². The Balaban J connectivity index is 1.96. The molecule has 4 aromatic rings. The second-order valence-corrected chi connectivity index (χ2v) is 9.49. The van der Waals surface area contributed by atoms with Gasteiger partial charge in [0.15, 0.2) is 0 Å². The summed E-state index contributed by atoms with van der Waals surface area (Å²) in [5, 5.41) is 3.79. The molecule has 4 rings (SSSR count). The van der Waals surface area contributed by atoms with Crippen molar-refractivity contribution in [1.82, 2.24) is 4.98 Å². The van der Waals surface area contributed by atoms with Crippen molar-refractivity contribution in [1.29, 1.82) is 0 Å². The summed E-state index contributed by atoms with van der Waals surface area (Å²) in [5.74, 6) is -0.650. The monoisotopic (exact) mass is 445 g/mol. The summed E-state index contributed by atoms with van der Waals surface area (Å²) in [7, 11) is -3.76. The molecule has 0 atom stereocenters. The minimum absolute atomic E-state index is 0.127. The van der Waals surface area contributed by atoms with Crippen molar-refractivity contribution in [3.63, 3.8) is 0 Å². The molecule has 3 aromatic carbocycles. The maximum absolute atomic E-state index is 13.3. The van der Waals surface area contributed by atoms with Gasteiger partial charge in [-0.05, 0) is 60.9 Å². The Bertz CT molecular complexity index is 1430. The summed E-state index contributed by atoms with van der Waals surface area (Å²) in [5.41, 5.74) is 9.42. The van der Waals surface area contributed by atoms with Crippen LogP contribution in [0.2, 0.25) is 0 Å². The first-order valence-corrected chi connectivity index (χ1v) is 11.7. The summed E-state index contributed by atoms with van der Waals surface area (Å²) in [4.78, 5) is 16.9. The zero-order valence-electron chi connectivity index (χ0n) is 17.8. The van der Waals surface area contributed by atoms with E-state index in [1.165, 1.54) is 6.20 Å². The average Bonchev–Trinajstić information content (AvgIpc) is 2.79. The Morgan fingerprint density at radius 2 is 1.75 bits per heavy atom. The van der Waals surface area contributed by atoms with Crippen molar-refractivity contribution in [2.45, 2.75) is 30.1 Å². The van der Waals surface area contributed by atoms with E-state index in [9.17, 15) is 13.2 Å². The summed E-state index contributed by atoms with van der Waals surface area (Å²) in [6.45, 7) is 3.85. The van der Waals surface area contributed by atoms with E-state index >= 15 is 0 Å². The minimum atomic E-state index is -3.76. The van der Waals surface area contributed by atoms with Crippen LogP contribution in [0.4, 0.5) is 11.4 Å². The zero-order valence-corrected chi connectivity index (χ0v) is 18.6. The number of rotatable bonds is 6. The van der Waals surface area contributed by atoms with Crippen LogP contribution >= 0.6 is 0 Å². The van der Waals surface area contributed by atoms with Crippen molar-refractivity contribution < 1.29 is 13.2 Å². The number of primary amides is 1. The number of nitrogens with zero attached hydrogens (tertiary/aromatic N) is 1. The van der Waals surface area contributed by atoms with Gasteiger partial charge >= 0.3 is 0 Å². The molecule has 162 valence electrons. The Labute approximate surface area is 187 Å². The molecule has 0 spiro atoms. The first-order chi connectivity index (χ1) is 15.3. The van der Waals surface area contributed by atoms with E-state index in [0.29, 0.717) is 22.2 Å². The van der Waals surface area contributed by atoms with Crippen molar-refractivity contribution in [2.75, 3.05) is 5.32 Å². The minimum Gasteiger partial charge on any atom is -0.365 e. The number of carbonyl (C=O) groups excluding carboxylic acids is 1. The topological polar surface area (TPSA) is 102 Å². The highest BCUT2D eigenvalue weighted by atomic mass is 32.2. The van der Waals surface area contributed by atoms with Crippen molar-refractivity contribution in [2.24, 2.45) is 5.73 Å². The highest BCUT2D eigenvalue weighted by molar-refractivity contribution is 7.91. The molecule has 7 heteroatoms. The van der Waals surface area contributed by atoms with Crippen molar-refractivity contribution >= 4 is 38.0 Å². The third-order valence-electron chi connectivity index (χ3n) is 5.37. The number of nitrogens with two attached hydrogens (primary N) is 1. The maximum Gasteiger partial charge on any atom is 0.252 e. The molecule has 1 amide bonds. The van der Waals surface area contributed by atoms with Gasteiger partial charge in [0.25, 0.3) is 5.91 Å². The lowest BCUT2D eigenvalue weighted by Crippen LogP contribution is -2.14. The Morgan fingerprint density at radius 3 is 2.44 bits per heavy atom. The molecule has 0 radical (unpaired) electrons. The maximum atomic E-state index is 13.3. The lowest BCUT2D eigenvalue weighted by atomic mass is 10.0. The lowest BCUT2D eigenvalue weighted by Gasteiger charge is -2.16. The van der Waals surface area contributed by atoms with E-state index in [1.54, 1.807) is 49.4 Å². The molecule has 32 heavy (non-hydrogen) atoms. The van der Waals surface area contributed by atoms with Crippen LogP contribution in [0.1, 0.15) is 28.4 Å². The predicted molar refractivity (Wildman–Crippen MR) is 126 cm³/mol. The van der Waals surface area contributed by atoms with Crippen LogP contribution in [0.25, 0.3) is 10.9 Å². The number of hydrogen-bond donors (Lipinski definition) is 2. The fraction of sp³-hybridized carbons (Fsp3) is 0.120. The zero-order chi connectivity index (χ0) is 22.9. The number of hydrogen-bond acceptors (Lipinski definition) is 5. The van der Waals surface area contributed by atoms with Crippen LogP contribution in [0.15, 0.2) is 82.7 Å². The van der Waals surface area contributed by atoms with Gasteiger partial charge in [-0.15, -0.1) is 0 Å². The second kappa shape index (κ2) is 8.43. The molecule has 0 saturated carbocycles. The summed E-state index contributed by atoms with van der Waals surface area (Å²) >= 11 is 0. The first-order valence-electron chi connectivity index (χ1n) is 10.2. The van der Waals surface area contributed by atoms with Gasteiger partial charge in [0.05, 0.1) is 26.6 Å². The molecule has 0 unspecified atom stereocenters. The standard InChI is InChI=1S/C25H23N3O3S/c1-3-17-8-7-9-18(13-17)28-24-21-14-20(32(30,31)19-10-5-4-6-11-19)12-16(2)23(21)27-15-22(24)25(26)29/h4-15H,3H2,1-2H3,(H2,26,29)(H,27,28). The fourth-order valence-electron chi connectivity index (χ4n) is 3.67. The van der Waals surface area contributed by atoms with Gasteiger partial charge < -0.3 is 11.1 Å². The molecular weight excluding hydrogens is 422 g/mol. The number of carbonyl (C=O) groups is 1. The Kier molecular flexibility index (Phi) is 5.67. The summed E-state index contributed by atoms with van der Waals surface area (Å²) in [6.07, 6.45) is 2.28. The number of sulfone groups is 1. The van der Waals surface area contributed by atoms with Crippen molar-refractivity contribution in [3.8, 4) is 0 Å². The lowest BCUT2D eigenvalue weighted by molar-refractivity contribution is 0.100. The average molecular weight is 446 g/mol. The predicted octanol–water partition coefficient (Wildman–Crippen LogP) is 4.78. The number of fused-ring (bicyclic) bond motifs is 1. The van der Waals surface area contributed by atoms with Gasteiger partial charge in [-0.25, -0.2) is 8.42 Å². The number of aromatic nitrogens is 1. The number of anilines is 2. The van der Waals surface area contributed by atoms with E-state index in [0.717, 1.165) is 17.7 Å². The normalized spacial score (nSPS) is 11.4. The van der Waals surface area contributed by atoms with Crippen LogP contribution in [0, 0.1) is 6.92 Å². The third-order valence-corrected chi connectivity index (χ3v) is 7.12. The number of pyridine rings is 1. The molecule has 0 aliphatic carbocycles. The molecule has 1 heterocycles. The van der Waals surface area contributed by atoms with Gasteiger partial charge in [-0.1, -0.05) is 37.3 Å². The molecule has 6 nitrogen and oxygen atoms in total. The first kappa shape index (κ1) is 21.5. The van der Waals surface area contributed by atoms with Gasteiger partial charge in [0.1, 0.15) is 0 Å². The number of benzene rings is 3. The quantitative estimate of drug-likeness (QED) is 0.445. The summed E-state index contributed by atoms with van der Waals surface area (Å²) in [6, 6.07) is 19.2. The fourth-order valence-corrected chi connectivity index (χ4v) is 5.07. The van der Waals surface area contributed by atoms with E-state index in [1.807, 2.05) is 24.3 Å². The highest BCUT2D eigenvalue weighted by Crippen LogP contribution is 2.34. The number of nitrogens with one attached hydrogen (secondary N) is 1. The molecular formula is C25H23N3O3S. The highest BCUT2D eigenvalue weighted by Gasteiger charge is 2.22. The Morgan fingerprint density at radius 1 is 1.00 bits per heavy atom. The summed E-state index contributed by atoms with van der Waals surface area (Å²) < 4.78 is 26.5. The number of amides is 1. The number of aryl methyl sites for hydroxylation is 2. The van der Waals surface area contributed by atoms with E-state index < -0.39 is 15.7 Å². The largest absolute Gasteiger partial charge is 0.365 e. The molecule has 3 N–H and O–H groups in total. The SMILES string of the molecule is CCc1cccc(Nc2c(C(N)=O)cnc3c(C)cc(S(=O)(=O)c4ccccc4)cc23)c1. The smallest absolute Gasteiger partial charge is 0.252 e. The van der Waals surface area contributed by atoms with Crippen LogP contribution < -0.4 is 11.1 Å². The molecule has 0 aliphatic heterocycles. The molecule has 0 aliphatic rings. The molecule has 0 bridgehead atoms. The van der Waals surface area contributed by atoms with Gasteiger partial charge in [-0.2, -0.15) is 0 Å². The van der Waals surface area contributed by atoms with Crippen LogP contribution in [-0.2, 0) is 16.3 Å². The van der Waals surface area contributed by atoms with Crippen LogP contribution in [0.3, 0.4) is 0 Å². The van der Waals surface area contributed by atoms with Gasteiger partial charge in [0.2, 0.25) is 9.84 Å². The van der Waals surface area contributed by atoms with E-state index in [2.05, 4.69) is 17.2 Å². The molecule has 0 fully saturated rings. The second-order valence-electron chi connectivity index (χ2n) is 7.54. The third kappa shape index (κ3) is 3.94. The van der Waals surface area contributed by atoms with E-state index in [-0.39, 0.29) is 15.4 Å². The molecule has 0 saturated heterocycles. The van der Waals surface area contributed by atoms with Gasteiger partial charge in [0, 0.05) is 17.3 Å². The van der Waals surface area contributed by atoms with E-state index in [4.69, 9.17) is 5.73 Å². The van der Waals surface area contributed by atoms with Crippen LogP contribution in [0.5, 0.6) is 0 Å². The van der Waals surface area contributed by atoms with Gasteiger partial charge in [-0.3, -0.25) is 9.78 Å². The van der Waals surface area contributed by atoms with Crippen LogP contribution in [-0.4, -0.2) is 19.3 Å².